The third kappa shape index (κ3) is 3.36. The largest absolute Gasteiger partial charge is 0.496 e. The summed E-state index contributed by atoms with van der Waals surface area (Å²) in [6.07, 6.45) is 3.27. The van der Waals surface area contributed by atoms with E-state index in [1.807, 2.05) is 55.4 Å². The Morgan fingerprint density at radius 2 is 1.66 bits per heavy atom. The number of anilines is 2. The molecule has 0 aliphatic carbocycles. The van der Waals surface area contributed by atoms with Gasteiger partial charge in [0.2, 0.25) is 0 Å². The van der Waals surface area contributed by atoms with Crippen molar-refractivity contribution in [2.45, 2.75) is 19.4 Å². The summed E-state index contributed by atoms with van der Waals surface area (Å²) in [7, 11) is 5.60. The lowest BCUT2D eigenvalue weighted by molar-refractivity contribution is 0.0245. The van der Waals surface area contributed by atoms with Crippen molar-refractivity contribution in [3.8, 4) is 5.75 Å². The van der Waals surface area contributed by atoms with Gasteiger partial charge in [0, 0.05) is 73.7 Å². The molecule has 1 aliphatic rings. The number of cyclic esters (lactones) is 1. The standard InChI is InChI=1S/C26H29N3O3/c1-6-29(7-2)19-10-8-18(9-11-19)26(22-14-15-27-17-21(22)25(30)32-26)23-13-12-20(28(3)4)16-24(23)31-5/h8-17H,6-7H2,1-5H3. The lowest BCUT2D eigenvalue weighted by Gasteiger charge is -2.32. The first-order valence-corrected chi connectivity index (χ1v) is 10.8. The summed E-state index contributed by atoms with van der Waals surface area (Å²) < 4.78 is 12.0. The third-order valence-corrected chi connectivity index (χ3v) is 6.15. The van der Waals surface area contributed by atoms with E-state index in [4.69, 9.17) is 9.47 Å². The molecule has 0 amide bonds. The van der Waals surface area contributed by atoms with Crippen molar-refractivity contribution < 1.29 is 14.3 Å². The molecule has 1 aliphatic heterocycles. The van der Waals surface area contributed by atoms with Crippen LogP contribution >= 0.6 is 0 Å². The van der Waals surface area contributed by atoms with Crippen LogP contribution in [0, 0.1) is 0 Å². The molecule has 6 nitrogen and oxygen atoms in total. The van der Waals surface area contributed by atoms with E-state index in [-0.39, 0.29) is 5.97 Å². The number of carbonyl (C=O) groups is 1. The van der Waals surface area contributed by atoms with E-state index in [1.54, 1.807) is 19.5 Å². The number of ether oxygens (including phenoxy) is 2. The van der Waals surface area contributed by atoms with Crippen molar-refractivity contribution in [1.82, 2.24) is 4.98 Å². The second-order valence-electron chi connectivity index (χ2n) is 7.99. The summed E-state index contributed by atoms with van der Waals surface area (Å²) in [5.41, 5.74) is 3.89. The quantitative estimate of drug-likeness (QED) is 0.515. The van der Waals surface area contributed by atoms with Gasteiger partial charge < -0.3 is 19.3 Å². The van der Waals surface area contributed by atoms with Crippen LogP contribution in [0.25, 0.3) is 0 Å². The van der Waals surface area contributed by atoms with Crippen LogP contribution < -0.4 is 14.5 Å². The lowest BCUT2D eigenvalue weighted by Crippen LogP contribution is -2.30. The molecule has 1 unspecified atom stereocenters. The molecule has 166 valence electrons. The number of carbonyl (C=O) groups excluding carboxylic acids is 1. The highest BCUT2D eigenvalue weighted by atomic mass is 16.6. The van der Waals surface area contributed by atoms with Gasteiger partial charge in [-0.2, -0.15) is 0 Å². The number of methoxy groups -OCH3 is 1. The van der Waals surface area contributed by atoms with Crippen LogP contribution in [0.15, 0.2) is 60.9 Å². The predicted octanol–water partition coefficient (Wildman–Crippen LogP) is 4.46. The fraction of sp³-hybridized carbons (Fsp3) is 0.308. The van der Waals surface area contributed by atoms with Crippen molar-refractivity contribution >= 4 is 17.3 Å². The molecule has 6 heteroatoms. The molecule has 1 aromatic heterocycles. The highest BCUT2D eigenvalue weighted by Crippen LogP contribution is 2.50. The fourth-order valence-electron chi connectivity index (χ4n) is 4.43. The summed E-state index contributed by atoms with van der Waals surface area (Å²) in [6.45, 7) is 6.12. The molecule has 0 radical (unpaired) electrons. The predicted molar refractivity (Wildman–Crippen MR) is 127 cm³/mol. The second kappa shape index (κ2) is 8.54. The number of nitrogens with zero attached hydrogens (tertiary/aromatic N) is 3. The SMILES string of the molecule is CCN(CC)c1ccc(C2(c3ccc(N(C)C)cc3OC)OC(=O)c3cnccc32)cc1. The third-order valence-electron chi connectivity index (χ3n) is 6.15. The zero-order chi connectivity index (χ0) is 22.9. The molecular formula is C26H29N3O3. The van der Waals surface area contributed by atoms with Crippen LogP contribution in [0.4, 0.5) is 11.4 Å². The minimum absolute atomic E-state index is 0.389. The van der Waals surface area contributed by atoms with Crippen molar-refractivity contribution in [1.29, 1.82) is 0 Å². The average molecular weight is 432 g/mol. The number of esters is 1. The number of pyridine rings is 1. The van der Waals surface area contributed by atoms with Gasteiger partial charge in [-0.3, -0.25) is 4.98 Å². The first-order valence-electron chi connectivity index (χ1n) is 10.8. The Hall–Kier alpha value is -3.54. The van der Waals surface area contributed by atoms with E-state index < -0.39 is 5.60 Å². The van der Waals surface area contributed by atoms with Crippen LogP contribution in [0.1, 0.15) is 40.9 Å². The van der Waals surface area contributed by atoms with Crippen molar-refractivity contribution in [2.24, 2.45) is 0 Å². The lowest BCUT2D eigenvalue weighted by atomic mass is 9.79. The smallest absolute Gasteiger partial charge is 0.341 e. The maximum atomic E-state index is 13.0. The monoisotopic (exact) mass is 431 g/mol. The Bertz CT molecular complexity index is 1120. The van der Waals surface area contributed by atoms with Crippen LogP contribution in [-0.4, -0.2) is 45.2 Å². The van der Waals surface area contributed by atoms with Crippen LogP contribution in [0.3, 0.4) is 0 Å². The number of aromatic nitrogens is 1. The highest BCUT2D eigenvalue weighted by molar-refractivity contribution is 5.96. The molecule has 4 rings (SSSR count). The van der Waals surface area contributed by atoms with Gasteiger partial charge in [0.25, 0.3) is 0 Å². The fourth-order valence-corrected chi connectivity index (χ4v) is 4.43. The van der Waals surface area contributed by atoms with Crippen LogP contribution in [-0.2, 0) is 10.3 Å². The second-order valence-corrected chi connectivity index (χ2v) is 7.99. The van der Waals surface area contributed by atoms with Gasteiger partial charge in [0.1, 0.15) is 5.75 Å². The molecule has 3 aromatic rings. The molecular weight excluding hydrogens is 402 g/mol. The maximum absolute atomic E-state index is 13.0. The van der Waals surface area contributed by atoms with Gasteiger partial charge in [-0.05, 0) is 44.2 Å². The van der Waals surface area contributed by atoms with Gasteiger partial charge in [-0.25, -0.2) is 4.79 Å². The van der Waals surface area contributed by atoms with E-state index in [9.17, 15) is 4.79 Å². The topological polar surface area (TPSA) is 54.9 Å². The summed E-state index contributed by atoms with van der Waals surface area (Å²) in [5.74, 6) is 0.265. The van der Waals surface area contributed by atoms with Crippen molar-refractivity contribution in [2.75, 3.05) is 44.1 Å². The van der Waals surface area contributed by atoms with Gasteiger partial charge in [-0.1, -0.05) is 12.1 Å². The molecule has 0 N–H and O–H groups in total. The molecule has 32 heavy (non-hydrogen) atoms. The summed E-state index contributed by atoms with van der Waals surface area (Å²) in [4.78, 5) is 21.4. The minimum Gasteiger partial charge on any atom is -0.496 e. The summed E-state index contributed by atoms with van der Waals surface area (Å²) in [5, 5.41) is 0. The summed E-state index contributed by atoms with van der Waals surface area (Å²) in [6, 6.07) is 16.1. The van der Waals surface area contributed by atoms with E-state index in [0.717, 1.165) is 41.2 Å². The highest BCUT2D eigenvalue weighted by Gasteiger charge is 2.50. The number of benzene rings is 2. The van der Waals surface area contributed by atoms with Crippen LogP contribution in [0.2, 0.25) is 0 Å². The Labute approximate surface area is 189 Å². The normalized spacial score (nSPS) is 17.0. The zero-order valence-electron chi connectivity index (χ0n) is 19.3. The molecule has 0 bridgehead atoms. The molecule has 0 saturated heterocycles. The molecule has 1 atom stereocenters. The maximum Gasteiger partial charge on any atom is 0.341 e. The summed E-state index contributed by atoms with van der Waals surface area (Å²) >= 11 is 0. The number of fused-ring (bicyclic) bond motifs is 1. The Morgan fingerprint density at radius 3 is 2.28 bits per heavy atom. The molecule has 0 saturated carbocycles. The van der Waals surface area contributed by atoms with E-state index in [2.05, 4.69) is 35.9 Å². The van der Waals surface area contributed by atoms with Crippen molar-refractivity contribution in [3.05, 3.63) is 83.2 Å². The molecule has 2 aromatic carbocycles. The minimum atomic E-state index is -1.12. The number of rotatable bonds is 7. The van der Waals surface area contributed by atoms with E-state index >= 15 is 0 Å². The first-order chi connectivity index (χ1) is 15.5. The zero-order valence-corrected chi connectivity index (χ0v) is 19.3. The Kier molecular flexibility index (Phi) is 5.78. The van der Waals surface area contributed by atoms with E-state index in [1.165, 1.54) is 0 Å². The Morgan fingerprint density at radius 1 is 0.969 bits per heavy atom. The molecule has 2 heterocycles. The Balaban J connectivity index is 1.96. The molecule has 0 spiro atoms. The van der Waals surface area contributed by atoms with Crippen LogP contribution in [0.5, 0.6) is 5.75 Å². The van der Waals surface area contributed by atoms with Gasteiger partial charge >= 0.3 is 5.97 Å². The first kappa shape index (κ1) is 21.7. The van der Waals surface area contributed by atoms with Gasteiger partial charge in [-0.15, -0.1) is 0 Å². The van der Waals surface area contributed by atoms with Crippen molar-refractivity contribution in [3.63, 3.8) is 0 Å². The van der Waals surface area contributed by atoms with E-state index in [0.29, 0.717) is 11.3 Å². The average Bonchev–Trinajstić information content (AvgIpc) is 3.13. The number of hydrogen-bond donors (Lipinski definition) is 0. The number of hydrogen-bond acceptors (Lipinski definition) is 6. The van der Waals surface area contributed by atoms with Gasteiger partial charge in [0.15, 0.2) is 5.60 Å². The molecule has 0 fully saturated rings. The van der Waals surface area contributed by atoms with Gasteiger partial charge in [0.05, 0.1) is 12.7 Å².